The van der Waals surface area contributed by atoms with Gasteiger partial charge in [-0.05, 0) is 18.4 Å². The summed E-state index contributed by atoms with van der Waals surface area (Å²) in [5, 5.41) is 4.04. The van der Waals surface area contributed by atoms with E-state index in [1.807, 2.05) is 12.1 Å². The first-order valence-electron chi connectivity index (χ1n) is 4.05. The number of thiophene rings is 1. The average molecular weight is 245 g/mol. The summed E-state index contributed by atoms with van der Waals surface area (Å²) in [6, 6.07) is 3.88. The van der Waals surface area contributed by atoms with Gasteiger partial charge in [-0.2, -0.15) is 0 Å². The van der Waals surface area contributed by atoms with Gasteiger partial charge in [-0.1, -0.05) is 11.6 Å². The molecule has 0 amide bonds. The van der Waals surface area contributed by atoms with Gasteiger partial charge in [-0.3, -0.25) is 0 Å². The summed E-state index contributed by atoms with van der Waals surface area (Å²) in [5.74, 6) is 0.817. The lowest BCUT2D eigenvalue weighted by atomic mass is 10.2. The van der Waals surface area contributed by atoms with E-state index >= 15 is 0 Å². The van der Waals surface area contributed by atoms with Crippen molar-refractivity contribution in [2.75, 3.05) is 13.4 Å². The minimum Gasteiger partial charge on any atom is -0.497 e. The second-order valence-corrected chi connectivity index (χ2v) is 4.95. The minimum absolute atomic E-state index is 0.768. The van der Waals surface area contributed by atoms with E-state index in [2.05, 4.69) is 11.6 Å². The fourth-order valence-electron chi connectivity index (χ4n) is 1.33. The number of ether oxygens (including phenoxy) is 1. The molecule has 74 valence electrons. The average Bonchev–Trinajstić information content (AvgIpc) is 2.61. The van der Waals surface area contributed by atoms with Crippen molar-refractivity contribution in [2.45, 2.75) is 4.90 Å². The molecule has 0 atom stereocenters. The number of methoxy groups -OCH3 is 1. The molecular formula is C10H9ClOS2. The van der Waals surface area contributed by atoms with E-state index in [0.717, 1.165) is 16.2 Å². The van der Waals surface area contributed by atoms with Gasteiger partial charge >= 0.3 is 0 Å². The van der Waals surface area contributed by atoms with Crippen LogP contribution in [0, 0.1) is 0 Å². The van der Waals surface area contributed by atoms with Crippen molar-refractivity contribution in [1.82, 2.24) is 0 Å². The fourth-order valence-corrected chi connectivity index (χ4v) is 3.65. The summed E-state index contributed by atoms with van der Waals surface area (Å²) in [7, 11) is 1.65. The predicted octanol–water partition coefficient (Wildman–Crippen LogP) is 4.29. The maximum atomic E-state index is 6.18. The summed E-state index contributed by atoms with van der Waals surface area (Å²) in [4.78, 5) is 1.23. The SMILES string of the molecule is COc1cc(Cl)c2c(SC)csc2c1. The van der Waals surface area contributed by atoms with Crippen LogP contribution in [0.15, 0.2) is 22.4 Å². The van der Waals surface area contributed by atoms with Crippen LogP contribution in [-0.4, -0.2) is 13.4 Å². The quantitative estimate of drug-likeness (QED) is 0.729. The Morgan fingerprint density at radius 2 is 2.21 bits per heavy atom. The van der Waals surface area contributed by atoms with E-state index < -0.39 is 0 Å². The van der Waals surface area contributed by atoms with Crippen molar-refractivity contribution in [3.63, 3.8) is 0 Å². The third kappa shape index (κ3) is 1.60. The number of hydrogen-bond acceptors (Lipinski definition) is 3. The molecular weight excluding hydrogens is 236 g/mol. The Labute approximate surface area is 96.0 Å². The van der Waals surface area contributed by atoms with Crippen LogP contribution in [-0.2, 0) is 0 Å². The summed E-state index contributed by atoms with van der Waals surface area (Å²) < 4.78 is 6.34. The molecule has 0 radical (unpaired) electrons. The first-order chi connectivity index (χ1) is 6.76. The molecule has 1 nitrogen and oxygen atoms in total. The van der Waals surface area contributed by atoms with Gasteiger partial charge in [0.1, 0.15) is 5.75 Å². The molecule has 0 unspecified atom stereocenters. The van der Waals surface area contributed by atoms with E-state index in [0.29, 0.717) is 0 Å². The van der Waals surface area contributed by atoms with Crippen LogP contribution in [0.4, 0.5) is 0 Å². The molecule has 1 aromatic heterocycles. The Kier molecular flexibility index (Phi) is 2.91. The smallest absolute Gasteiger partial charge is 0.121 e. The van der Waals surface area contributed by atoms with E-state index in [1.165, 1.54) is 9.60 Å². The van der Waals surface area contributed by atoms with Crippen LogP contribution < -0.4 is 4.74 Å². The molecule has 0 saturated heterocycles. The summed E-state index contributed by atoms with van der Waals surface area (Å²) in [5.41, 5.74) is 0. The van der Waals surface area contributed by atoms with E-state index in [4.69, 9.17) is 16.3 Å². The Morgan fingerprint density at radius 1 is 1.43 bits per heavy atom. The van der Waals surface area contributed by atoms with Gasteiger partial charge in [0.15, 0.2) is 0 Å². The van der Waals surface area contributed by atoms with Crippen LogP contribution in [0.3, 0.4) is 0 Å². The number of rotatable bonds is 2. The van der Waals surface area contributed by atoms with E-state index in [1.54, 1.807) is 30.2 Å². The lowest BCUT2D eigenvalue weighted by Crippen LogP contribution is -1.81. The number of benzene rings is 1. The second-order valence-electron chi connectivity index (χ2n) is 2.79. The third-order valence-electron chi connectivity index (χ3n) is 2.02. The van der Waals surface area contributed by atoms with Crippen molar-refractivity contribution in [1.29, 1.82) is 0 Å². The van der Waals surface area contributed by atoms with Crippen molar-refractivity contribution in [3.05, 3.63) is 22.5 Å². The van der Waals surface area contributed by atoms with E-state index in [9.17, 15) is 0 Å². The first kappa shape index (κ1) is 10.1. The Bertz CT molecular complexity index is 464. The van der Waals surface area contributed by atoms with Gasteiger partial charge in [0, 0.05) is 20.4 Å². The number of halogens is 1. The highest BCUT2D eigenvalue weighted by molar-refractivity contribution is 7.99. The Balaban J connectivity index is 2.72. The molecule has 2 aromatic rings. The standard InChI is InChI=1S/C10H9ClOS2/c1-12-6-3-7(11)10-8(4-6)14-5-9(10)13-2/h3-5H,1-2H3. The first-order valence-corrected chi connectivity index (χ1v) is 6.53. The van der Waals surface area contributed by atoms with Crippen molar-refractivity contribution < 1.29 is 4.74 Å². The molecule has 0 spiro atoms. The number of hydrogen-bond donors (Lipinski definition) is 0. The van der Waals surface area contributed by atoms with Crippen molar-refractivity contribution in [3.8, 4) is 5.75 Å². The van der Waals surface area contributed by atoms with Gasteiger partial charge < -0.3 is 4.74 Å². The summed E-state index contributed by atoms with van der Waals surface area (Å²) >= 11 is 9.59. The molecule has 1 heterocycles. The topological polar surface area (TPSA) is 9.23 Å². The Hall–Kier alpha value is -0.380. The van der Waals surface area contributed by atoms with Crippen molar-refractivity contribution in [2.24, 2.45) is 0 Å². The van der Waals surface area contributed by atoms with Crippen LogP contribution in [0.25, 0.3) is 10.1 Å². The highest BCUT2D eigenvalue weighted by atomic mass is 35.5. The normalized spacial score (nSPS) is 10.8. The monoisotopic (exact) mass is 244 g/mol. The van der Waals surface area contributed by atoms with Gasteiger partial charge in [0.25, 0.3) is 0 Å². The molecule has 0 bridgehead atoms. The van der Waals surface area contributed by atoms with Crippen LogP contribution in [0.2, 0.25) is 5.02 Å². The summed E-state index contributed by atoms with van der Waals surface area (Å²) in [6.07, 6.45) is 2.06. The molecule has 4 heteroatoms. The largest absolute Gasteiger partial charge is 0.497 e. The van der Waals surface area contributed by atoms with E-state index in [-0.39, 0.29) is 0 Å². The maximum absolute atomic E-state index is 6.18. The van der Waals surface area contributed by atoms with Gasteiger partial charge in [0.2, 0.25) is 0 Å². The zero-order valence-corrected chi connectivity index (χ0v) is 10.2. The number of thioether (sulfide) groups is 1. The summed E-state index contributed by atoms with van der Waals surface area (Å²) in [6.45, 7) is 0. The lowest BCUT2D eigenvalue weighted by Gasteiger charge is -2.02. The molecule has 0 aliphatic rings. The predicted molar refractivity (Wildman–Crippen MR) is 65.2 cm³/mol. The second kappa shape index (κ2) is 4.01. The van der Waals surface area contributed by atoms with Crippen molar-refractivity contribution >= 4 is 44.8 Å². The lowest BCUT2D eigenvalue weighted by molar-refractivity contribution is 0.415. The molecule has 1 aromatic carbocycles. The highest BCUT2D eigenvalue weighted by Gasteiger charge is 2.09. The minimum atomic E-state index is 0.768. The molecule has 14 heavy (non-hydrogen) atoms. The molecule has 0 aliphatic carbocycles. The van der Waals surface area contributed by atoms with Crippen LogP contribution in [0.5, 0.6) is 5.75 Å². The van der Waals surface area contributed by atoms with Gasteiger partial charge in [0.05, 0.1) is 12.1 Å². The maximum Gasteiger partial charge on any atom is 0.121 e. The number of fused-ring (bicyclic) bond motifs is 1. The van der Waals surface area contributed by atoms with Gasteiger partial charge in [-0.15, -0.1) is 23.1 Å². The molecule has 2 rings (SSSR count). The fraction of sp³-hybridized carbons (Fsp3) is 0.200. The molecule has 0 aliphatic heterocycles. The van der Waals surface area contributed by atoms with Crippen LogP contribution >= 0.6 is 34.7 Å². The Morgan fingerprint density at radius 3 is 2.86 bits per heavy atom. The molecule has 0 fully saturated rings. The zero-order chi connectivity index (χ0) is 10.1. The third-order valence-corrected chi connectivity index (χ3v) is 4.16. The zero-order valence-electron chi connectivity index (χ0n) is 7.83. The highest BCUT2D eigenvalue weighted by Crippen LogP contribution is 2.39. The molecule has 0 N–H and O–H groups in total. The molecule has 0 saturated carbocycles. The van der Waals surface area contributed by atoms with Gasteiger partial charge in [-0.25, -0.2) is 0 Å². The van der Waals surface area contributed by atoms with Crippen LogP contribution in [0.1, 0.15) is 0 Å².